The molecule has 126 valence electrons. The molecular formula is C19H17FN4O. The van der Waals surface area contributed by atoms with Crippen molar-refractivity contribution in [3.63, 3.8) is 0 Å². The molecule has 1 amide bonds. The Morgan fingerprint density at radius 1 is 1.04 bits per heavy atom. The molecule has 25 heavy (non-hydrogen) atoms. The van der Waals surface area contributed by atoms with Gasteiger partial charge in [0, 0.05) is 26.0 Å². The van der Waals surface area contributed by atoms with Gasteiger partial charge in [0.05, 0.1) is 11.3 Å². The number of benzene rings is 2. The maximum atomic E-state index is 13.6. The van der Waals surface area contributed by atoms with E-state index in [1.54, 1.807) is 30.1 Å². The molecule has 1 N–H and O–H groups in total. The molecule has 0 saturated carbocycles. The summed E-state index contributed by atoms with van der Waals surface area (Å²) in [6.45, 7) is 0.495. The molecule has 0 spiro atoms. The molecule has 0 aliphatic carbocycles. The lowest BCUT2D eigenvalue weighted by Crippen LogP contribution is -2.26. The topological polar surface area (TPSA) is 58.1 Å². The van der Waals surface area contributed by atoms with Crippen molar-refractivity contribution in [2.75, 3.05) is 12.4 Å². The number of para-hydroxylation sites is 1. The lowest BCUT2D eigenvalue weighted by atomic mass is 10.2. The number of aromatic nitrogens is 2. The van der Waals surface area contributed by atoms with Gasteiger partial charge >= 0.3 is 0 Å². The van der Waals surface area contributed by atoms with Gasteiger partial charge in [-0.2, -0.15) is 0 Å². The summed E-state index contributed by atoms with van der Waals surface area (Å²) in [5.41, 5.74) is 1.69. The van der Waals surface area contributed by atoms with Gasteiger partial charge in [-0.15, -0.1) is 0 Å². The first-order valence-corrected chi connectivity index (χ1v) is 7.76. The van der Waals surface area contributed by atoms with Crippen molar-refractivity contribution in [1.82, 2.24) is 14.9 Å². The predicted molar refractivity (Wildman–Crippen MR) is 94.0 cm³/mol. The lowest BCUT2D eigenvalue weighted by molar-refractivity contribution is 0.0784. The smallest absolute Gasteiger partial charge is 0.257 e. The molecule has 0 saturated heterocycles. The number of carbonyl (C=O) groups is 1. The van der Waals surface area contributed by atoms with E-state index in [0.29, 0.717) is 12.1 Å². The highest BCUT2D eigenvalue weighted by Gasteiger charge is 2.13. The molecule has 0 aliphatic rings. The van der Waals surface area contributed by atoms with Gasteiger partial charge in [0.2, 0.25) is 5.95 Å². The van der Waals surface area contributed by atoms with Crippen LogP contribution >= 0.6 is 0 Å². The Bertz CT molecular complexity index is 853. The van der Waals surface area contributed by atoms with Gasteiger partial charge in [-0.25, -0.2) is 14.4 Å². The summed E-state index contributed by atoms with van der Waals surface area (Å²) in [5, 5.41) is 2.79. The Kier molecular flexibility index (Phi) is 4.99. The average Bonchev–Trinajstić information content (AvgIpc) is 2.64. The molecule has 0 atom stereocenters. The molecule has 3 rings (SSSR count). The fraction of sp³-hybridized carbons (Fsp3) is 0.105. The van der Waals surface area contributed by atoms with Crippen LogP contribution in [-0.2, 0) is 6.54 Å². The van der Waals surface area contributed by atoms with E-state index < -0.39 is 5.82 Å². The number of anilines is 2. The number of hydrogen-bond acceptors (Lipinski definition) is 4. The maximum absolute atomic E-state index is 13.6. The van der Waals surface area contributed by atoms with Crippen LogP contribution in [0.15, 0.2) is 67.0 Å². The molecule has 0 radical (unpaired) electrons. The third-order valence-corrected chi connectivity index (χ3v) is 3.63. The molecule has 1 heterocycles. The molecule has 5 nitrogen and oxygen atoms in total. The molecule has 1 aromatic heterocycles. The van der Waals surface area contributed by atoms with Crippen molar-refractivity contribution in [2.24, 2.45) is 0 Å². The van der Waals surface area contributed by atoms with E-state index in [9.17, 15) is 9.18 Å². The summed E-state index contributed by atoms with van der Waals surface area (Å²) in [7, 11) is 1.72. The second kappa shape index (κ2) is 7.53. The second-order valence-corrected chi connectivity index (χ2v) is 5.55. The number of nitrogens with zero attached hydrogens (tertiary/aromatic N) is 3. The van der Waals surface area contributed by atoms with Gasteiger partial charge in [0.15, 0.2) is 0 Å². The summed E-state index contributed by atoms with van der Waals surface area (Å²) in [4.78, 5) is 22.2. The van der Waals surface area contributed by atoms with E-state index in [0.717, 1.165) is 5.56 Å². The fourth-order valence-corrected chi connectivity index (χ4v) is 2.34. The third kappa shape index (κ3) is 4.17. The van der Waals surface area contributed by atoms with Gasteiger partial charge < -0.3 is 10.2 Å². The Hall–Kier alpha value is -3.28. The van der Waals surface area contributed by atoms with Crippen LogP contribution in [0, 0.1) is 5.82 Å². The van der Waals surface area contributed by atoms with Crippen molar-refractivity contribution in [2.45, 2.75) is 6.54 Å². The highest BCUT2D eigenvalue weighted by atomic mass is 19.1. The van der Waals surface area contributed by atoms with Crippen molar-refractivity contribution in [1.29, 1.82) is 0 Å². The van der Waals surface area contributed by atoms with Crippen molar-refractivity contribution in [3.05, 3.63) is 83.9 Å². The van der Waals surface area contributed by atoms with E-state index >= 15 is 0 Å². The number of carbonyl (C=O) groups excluding carboxylic acids is 1. The molecule has 2 aromatic carbocycles. The van der Waals surface area contributed by atoms with Crippen molar-refractivity contribution < 1.29 is 9.18 Å². The largest absolute Gasteiger partial charge is 0.337 e. The summed E-state index contributed by atoms with van der Waals surface area (Å²) in [5.74, 6) is -0.345. The van der Waals surface area contributed by atoms with Gasteiger partial charge in [0.1, 0.15) is 5.82 Å². The summed E-state index contributed by atoms with van der Waals surface area (Å²) in [6, 6.07) is 16.0. The van der Waals surface area contributed by atoms with E-state index in [-0.39, 0.29) is 17.5 Å². The molecule has 6 heteroatoms. The predicted octanol–water partition coefficient (Wildman–Crippen LogP) is 3.63. The fourth-order valence-electron chi connectivity index (χ4n) is 2.34. The van der Waals surface area contributed by atoms with Crippen LogP contribution in [0.25, 0.3) is 0 Å². The van der Waals surface area contributed by atoms with Crippen LogP contribution in [0.4, 0.5) is 16.0 Å². The second-order valence-electron chi connectivity index (χ2n) is 5.55. The first-order valence-electron chi connectivity index (χ1n) is 7.76. The SMILES string of the molecule is CN(Cc1ccccc1)C(=O)c1cnc(Nc2ccccc2F)nc1. The molecule has 0 aliphatic heterocycles. The Balaban J connectivity index is 1.67. The number of amides is 1. The van der Waals surface area contributed by atoms with Gasteiger partial charge in [-0.1, -0.05) is 42.5 Å². The van der Waals surface area contributed by atoms with E-state index in [1.807, 2.05) is 30.3 Å². The van der Waals surface area contributed by atoms with Crippen LogP contribution in [0.1, 0.15) is 15.9 Å². The van der Waals surface area contributed by atoms with E-state index in [2.05, 4.69) is 15.3 Å². The van der Waals surface area contributed by atoms with Gasteiger partial charge in [0.25, 0.3) is 5.91 Å². The highest BCUT2D eigenvalue weighted by Crippen LogP contribution is 2.16. The van der Waals surface area contributed by atoms with Crippen LogP contribution < -0.4 is 5.32 Å². The Morgan fingerprint density at radius 2 is 1.68 bits per heavy atom. The summed E-state index contributed by atoms with van der Waals surface area (Å²) in [6.07, 6.45) is 2.86. The monoisotopic (exact) mass is 336 g/mol. The zero-order valence-electron chi connectivity index (χ0n) is 13.7. The quantitative estimate of drug-likeness (QED) is 0.773. The van der Waals surface area contributed by atoms with Crippen LogP contribution in [0.2, 0.25) is 0 Å². The summed E-state index contributed by atoms with van der Waals surface area (Å²) >= 11 is 0. The standard InChI is InChI=1S/C19H17FN4O/c1-24(13-14-7-3-2-4-8-14)18(25)15-11-21-19(22-12-15)23-17-10-6-5-9-16(17)20/h2-12H,13H2,1H3,(H,21,22,23). The number of halogens is 1. The first-order chi connectivity index (χ1) is 12.1. The van der Waals surface area contributed by atoms with E-state index in [1.165, 1.54) is 18.5 Å². The average molecular weight is 336 g/mol. The lowest BCUT2D eigenvalue weighted by Gasteiger charge is -2.17. The number of rotatable bonds is 5. The molecule has 3 aromatic rings. The minimum absolute atomic E-state index is 0.179. The van der Waals surface area contributed by atoms with Crippen LogP contribution in [0.5, 0.6) is 0 Å². The molecule has 0 bridgehead atoms. The number of hydrogen-bond donors (Lipinski definition) is 1. The van der Waals surface area contributed by atoms with Crippen molar-refractivity contribution >= 4 is 17.5 Å². The minimum atomic E-state index is -0.395. The molecular weight excluding hydrogens is 319 g/mol. The van der Waals surface area contributed by atoms with Crippen LogP contribution in [-0.4, -0.2) is 27.8 Å². The first kappa shape index (κ1) is 16.6. The normalized spacial score (nSPS) is 10.3. The Morgan fingerprint density at radius 3 is 2.36 bits per heavy atom. The third-order valence-electron chi connectivity index (χ3n) is 3.63. The molecule has 0 fully saturated rings. The Labute approximate surface area is 145 Å². The maximum Gasteiger partial charge on any atom is 0.257 e. The van der Waals surface area contributed by atoms with Gasteiger partial charge in [-0.05, 0) is 17.7 Å². The zero-order valence-corrected chi connectivity index (χ0v) is 13.7. The van der Waals surface area contributed by atoms with Crippen molar-refractivity contribution in [3.8, 4) is 0 Å². The highest BCUT2D eigenvalue weighted by molar-refractivity contribution is 5.93. The van der Waals surface area contributed by atoms with E-state index in [4.69, 9.17) is 0 Å². The minimum Gasteiger partial charge on any atom is -0.337 e. The summed E-state index contributed by atoms with van der Waals surface area (Å²) < 4.78 is 13.6. The molecule has 0 unspecified atom stereocenters. The van der Waals surface area contributed by atoms with Gasteiger partial charge in [-0.3, -0.25) is 4.79 Å². The number of nitrogens with one attached hydrogen (secondary N) is 1. The van der Waals surface area contributed by atoms with Crippen LogP contribution in [0.3, 0.4) is 0 Å². The zero-order chi connectivity index (χ0) is 17.6.